The molecule has 11 heavy (non-hydrogen) atoms. The van der Waals surface area contributed by atoms with Crippen molar-refractivity contribution in [3.8, 4) is 0 Å². The van der Waals surface area contributed by atoms with E-state index < -0.39 is 0 Å². The van der Waals surface area contributed by atoms with Crippen LogP contribution in [0.4, 0.5) is 0 Å². The first-order chi connectivity index (χ1) is 4.84. The third-order valence-electron chi connectivity index (χ3n) is 2.12. The fourth-order valence-corrected chi connectivity index (χ4v) is 1.87. The van der Waals surface area contributed by atoms with E-state index in [2.05, 4.69) is 27.8 Å². The molecule has 1 atom stereocenters. The monoisotopic (exact) mass is 285 g/mol. The molecule has 0 aromatic rings. The summed E-state index contributed by atoms with van der Waals surface area (Å²) in [6.07, 6.45) is 5.43. The molecule has 1 fully saturated rings. The summed E-state index contributed by atoms with van der Waals surface area (Å²) >= 11 is 3.66. The van der Waals surface area contributed by atoms with Crippen LogP contribution in [0.2, 0.25) is 0 Å². The van der Waals surface area contributed by atoms with Crippen LogP contribution in [0.3, 0.4) is 0 Å². The van der Waals surface area contributed by atoms with Crippen LogP contribution in [0.15, 0.2) is 0 Å². The first-order valence-corrected chi connectivity index (χ1v) is 5.14. The summed E-state index contributed by atoms with van der Waals surface area (Å²) in [7, 11) is 0. The van der Waals surface area contributed by atoms with Crippen molar-refractivity contribution in [1.82, 2.24) is 4.90 Å². The fraction of sp³-hybridized carbons (Fsp3) is 1.00. The summed E-state index contributed by atoms with van der Waals surface area (Å²) in [6, 6.07) is 0. The Hall–Kier alpha value is 0.920. The van der Waals surface area contributed by atoms with Crippen LogP contribution in [0.1, 0.15) is 32.6 Å². The van der Waals surface area contributed by atoms with Crippen molar-refractivity contribution < 1.29 is 0 Å². The molecule has 68 valence electrons. The van der Waals surface area contributed by atoms with Crippen molar-refractivity contribution in [2.24, 2.45) is 0 Å². The largest absolute Gasteiger partial charge is 0.291 e. The van der Waals surface area contributed by atoms with Crippen molar-refractivity contribution in [2.45, 2.75) is 37.6 Å². The molecule has 1 unspecified atom stereocenters. The lowest BCUT2D eigenvalue weighted by molar-refractivity contribution is 0.214. The lowest BCUT2D eigenvalue weighted by atomic mass is 10.1. The van der Waals surface area contributed by atoms with E-state index in [4.69, 9.17) is 0 Å². The molecule has 0 radical (unpaired) electrons. The highest BCUT2D eigenvalue weighted by molar-refractivity contribution is 9.09. The maximum atomic E-state index is 3.66. The predicted octanol–water partition coefficient (Wildman–Crippen LogP) is 3.18. The number of alkyl halides is 1. The van der Waals surface area contributed by atoms with Crippen LogP contribution in [0.5, 0.6) is 0 Å². The second-order valence-corrected chi connectivity index (χ2v) is 4.00. The molecule has 3 heteroatoms. The molecule has 0 spiro atoms. The second-order valence-electron chi connectivity index (χ2n) is 2.94. The zero-order chi connectivity index (χ0) is 7.40. The molecule has 0 aromatic heterocycles. The van der Waals surface area contributed by atoms with Gasteiger partial charge >= 0.3 is 0 Å². The molecule has 0 aliphatic carbocycles. The van der Waals surface area contributed by atoms with Gasteiger partial charge in [-0.2, -0.15) is 0 Å². The standard InChI is InChI=1S/C8H16BrN.BrH/c1-2-8(9)10-6-4-3-5-7-10;/h8H,2-7H2,1H3;1H. The molecule has 1 nitrogen and oxygen atoms in total. The lowest BCUT2D eigenvalue weighted by Gasteiger charge is -2.30. The third kappa shape index (κ3) is 3.90. The van der Waals surface area contributed by atoms with Crippen molar-refractivity contribution >= 4 is 32.9 Å². The van der Waals surface area contributed by atoms with Crippen molar-refractivity contribution in [1.29, 1.82) is 0 Å². The molecule has 1 aliphatic rings. The van der Waals surface area contributed by atoms with Gasteiger partial charge in [0.1, 0.15) is 0 Å². The predicted molar refractivity (Wildman–Crippen MR) is 58.8 cm³/mol. The van der Waals surface area contributed by atoms with Gasteiger partial charge in [0, 0.05) is 0 Å². The van der Waals surface area contributed by atoms with Gasteiger partial charge in [0.15, 0.2) is 0 Å². The van der Waals surface area contributed by atoms with E-state index in [0.717, 1.165) is 0 Å². The first-order valence-electron chi connectivity index (χ1n) is 4.22. The van der Waals surface area contributed by atoms with E-state index in [0.29, 0.717) is 4.95 Å². The topological polar surface area (TPSA) is 3.24 Å². The summed E-state index contributed by atoms with van der Waals surface area (Å²) in [6.45, 7) is 4.82. The summed E-state index contributed by atoms with van der Waals surface area (Å²) in [5, 5.41) is 0. The normalized spacial score (nSPS) is 22.4. The van der Waals surface area contributed by atoms with Crippen LogP contribution >= 0.6 is 32.9 Å². The molecule has 1 saturated heterocycles. The minimum Gasteiger partial charge on any atom is -0.291 e. The molecule has 0 N–H and O–H groups in total. The number of hydrogen-bond donors (Lipinski definition) is 0. The zero-order valence-electron chi connectivity index (χ0n) is 7.05. The molecule has 0 aromatic carbocycles. The van der Waals surface area contributed by atoms with Crippen molar-refractivity contribution in [3.05, 3.63) is 0 Å². The van der Waals surface area contributed by atoms with E-state index in [1.54, 1.807) is 0 Å². The van der Waals surface area contributed by atoms with Gasteiger partial charge < -0.3 is 0 Å². The Balaban J connectivity index is 0.000001000. The average Bonchev–Trinajstić information content (AvgIpc) is 2.05. The van der Waals surface area contributed by atoms with E-state index in [9.17, 15) is 0 Å². The average molecular weight is 287 g/mol. The summed E-state index contributed by atoms with van der Waals surface area (Å²) < 4.78 is 0. The Bertz CT molecular complexity index is 92.1. The number of likely N-dealkylation sites (tertiary alicyclic amines) is 1. The molecule has 1 aliphatic heterocycles. The van der Waals surface area contributed by atoms with Crippen LogP contribution in [-0.2, 0) is 0 Å². The number of piperidine rings is 1. The smallest absolute Gasteiger partial charge is 0.0652 e. The molecule has 0 bridgehead atoms. The zero-order valence-corrected chi connectivity index (χ0v) is 10.4. The highest BCUT2D eigenvalue weighted by Gasteiger charge is 2.15. The van der Waals surface area contributed by atoms with Gasteiger partial charge in [-0.15, -0.1) is 17.0 Å². The number of rotatable bonds is 2. The van der Waals surface area contributed by atoms with Crippen LogP contribution in [0, 0.1) is 0 Å². The highest BCUT2D eigenvalue weighted by atomic mass is 79.9. The summed E-state index contributed by atoms with van der Waals surface area (Å²) in [5.74, 6) is 0. The quantitative estimate of drug-likeness (QED) is 0.557. The highest BCUT2D eigenvalue weighted by Crippen LogP contribution is 2.17. The van der Waals surface area contributed by atoms with E-state index in [1.807, 2.05) is 0 Å². The number of nitrogens with zero attached hydrogens (tertiary/aromatic N) is 1. The fourth-order valence-electron chi connectivity index (χ4n) is 1.46. The maximum absolute atomic E-state index is 3.66. The Morgan fingerprint density at radius 2 is 1.82 bits per heavy atom. The van der Waals surface area contributed by atoms with Crippen LogP contribution in [0.25, 0.3) is 0 Å². The van der Waals surface area contributed by atoms with E-state index in [-0.39, 0.29) is 17.0 Å². The number of halogens is 2. The SMILES string of the molecule is Br.CCC(Br)N1CCCCC1. The van der Waals surface area contributed by atoms with Gasteiger partial charge in [-0.1, -0.05) is 29.3 Å². The molecule has 1 rings (SSSR count). The molecule has 0 amide bonds. The minimum absolute atomic E-state index is 0. The van der Waals surface area contributed by atoms with Gasteiger partial charge in [0.05, 0.1) is 4.95 Å². The number of hydrogen-bond acceptors (Lipinski definition) is 1. The Morgan fingerprint density at radius 3 is 2.27 bits per heavy atom. The van der Waals surface area contributed by atoms with Gasteiger partial charge in [0.25, 0.3) is 0 Å². The minimum atomic E-state index is 0. The Kier molecular flexibility index (Phi) is 6.98. The van der Waals surface area contributed by atoms with Gasteiger partial charge in [-0.05, 0) is 32.4 Å². The lowest BCUT2D eigenvalue weighted by Crippen LogP contribution is -2.35. The van der Waals surface area contributed by atoms with Crippen LogP contribution < -0.4 is 0 Å². The Labute approximate surface area is 88.4 Å². The van der Waals surface area contributed by atoms with Crippen molar-refractivity contribution in [2.75, 3.05) is 13.1 Å². The van der Waals surface area contributed by atoms with E-state index in [1.165, 1.54) is 38.8 Å². The van der Waals surface area contributed by atoms with Gasteiger partial charge in [-0.3, -0.25) is 4.90 Å². The van der Waals surface area contributed by atoms with E-state index >= 15 is 0 Å². The van der Waals surface area contributed by atoms with Crippen molar-refractivity contribution in [3.63, 3.8) is 0 Å². The summed E-state index contributed by atoms with van der Waals surface area (Å²) in [5.41, 5.74) is 0. The summed E-state index contributed by atoms with van der Waals surface area (Å²) in [4.78, 5) is 3.16. The molecule has 1 heterocycles. The van der Waals surface area contributed by atoms with Crippen LogP contribution in [-0.4, -0.2) is 22.9 Å². The van der Waals surface area contributed by atoms with Gasteiger partial charge in [0.2, 0.25) is 0 Å². The van der Waals surface area contributed by atoms with Gasteiger partial charge in [-0.25, -0.2) is 0 Å². The molecular formula is C8H17Br2N. The first kappa shape index (κ1) is 11.9. The Morgan fingerprint density at radius 1 is 1.27 bits per heavy atom. The second kappa shape index (κ2) is 6.44. The maximum Gasteiger partial charge on any atom is 0.0652 e. The molecule has 0 saturated carbocycles. The molecular weight excluding hydrogens is 270 g/mol. The third-order valence-corrected chi connectivity index (χ3v) is 3.35.